The molecule has 4 heteroatoms. The fraction of sp³-hybridized carbons (Fsp3) is 0.176. The second-order valence-corrected chi connectivity index (χ2v) is 5.25. The van der Waals surface area contributed by atoms with Gasteiger partial charge in [0.15, 0.2) is 0 Å². The van der Waals surface area contributed by atoms with Crippen LogP contribution in [0.5, 0.6) is 0 Å². The van der Waals surface area contributed by atoms with Crippen LogP contribution in [-0.4, -0.2) is 20.6 Å². The number of fused-ring (bicyclic) bond motifs is 1. The summed E-state index contributed by atoms with van der Waals surface area (Å²) in [6.45, 7) is 4.14. The minimum absolute atomic E-state index is 0.0969. The number of nitrogens with zero attached hydrogens (tertiary/aromatic N) is 2. The number of benzene rings is 2. The maximum Gasteiger partial charge on any atom is 0.335 e. The molecule has 1 heterocycles. The zero-order chi connectivity index (χ0) is 15.0. The van der Waals surface area contributed by atoms with Crippen molar-refractivity contribution in [3.8, 4) is 0 Å². The number of carboxylic acid groups (broad SMARTS) is 1. The van der Waals surface area contributed by atoms with Gasteiger partial charge in [-0.3, -0.25) is 0 Å². The highest BCUT2D eigenvalue weighted by atomic mass is 16.4. The zero-order valence-corrected chi connectivity index (χ0v) is 11.9. The van der Waals surface area contributed by atoms with Crippen LogP contribution >= 0.6 is 0 Å². The minimum Gasteiger partial charge on any atom is -0.478 e. The van der Waals surface area contributed by atoms with Crippen molar-refractivity contribution >= 4 is 17.0 Å². The highest BCUT2D eigenvalue weighted by Gasteiger charge is 2.13. The molecule has 21 heavy (non-hydrogen) atoms. The third kappa shape index (κ3) is 2.40. The molecular formula is C17H16N2O2. The van der Waals surface area contributed by atoms with Gasteiger partial charge >= 0.3 is 5.97 Å². The van der Waals surface area contributed by atoms with Crippen molar-refractivity contribution in [3.05, 3.63) is 65.5 Å². The maximum atomic E-state index is 11.1. The average molecular weight is 280 g/mol. The molecule has 3 rings (SSSR count). The average Bonchev–Trinajstić information content (AvgIpc) is 2.90. The van der Waals surface area contributed by atoms with Crippen molar-refractivity contribution in [3.63, 3.8) is 0 Å². The maximum absolute atomic E-state index is 11.1. The SMILES string of the molecule is Cc1ccc(C(C)n2cnc3ccc(C(=O)O)cc32)cc1. The fourth-order valence-electron chi connectivity index (χ4n) is 2.47. The van der Waals surface area contributed by atoms with E-state index < -0.39 is 5.97 Å². The van der Waals surface area contributed by atoms with Gasteiger partial charge in [0.2, 0.25) is 0 Å². The second-order valence-electron chi connectivity index (χ2n) is 5.25. The molecule has 1 aromatic heterocycles. The Morgan fingerprint density at radius 1 is 1.19 bits per heavy atom. The van der Waals surface area contributed by atoms with Crippen LogP contribution in [0, 0.1) is 6.92 Å². The van der Waals surface area contributed by atoms with Crippen molar-refractivity contribution in [2.75, 3.05) is 0 Å². The molecule has 0 radical (unpaired) electrons. The van der Waals surface area contributed by atoms with Crippen molar-refractivity contribution in [2.45, 2.75) is 19.9 Å². The Balaban J connectivity index is 2.09. The topological polar surface area (TPSA) is 55.1 Å². The first-order valence-corrected chi connectivity index (χ1v) is 6.82. The van der Waals surface area contributed by atoms with Gasteiger partial charge in [0.1, 0.15) is 0 Å². The minimum atomic E-state index is -0.923. The molecule has 2 aromatic carbocycles. The molecule has 1 atom stereocenters. The van der Waals surface area contributed by atoms with E-state index in [1.54, 1.807) is 24.5 Å². The van der Waals surface area contributed by atoms with E-state index in [0.29, 0.717) is 0 Å². The molecule has 0 amide bonds. The summed E-state index contributed by atoms with van der Waals surface area (Å²) in [6.07, 6.45) is 1.76. The number of aromatic nitrogens is 2. The summed E-state index contributed by atoms with van der Waals surface area (Å²) in [6, 6.07) is 13.4. The monoisotopic (exact) mass is 280 g/mol. The number of carboxylic acids is 1. The molecule has 1 N–H and O–H groups in total. The Morgan fingerprint density at radius 2 is 1.90 bits per heavy atom. The van der Waals surface area contributed by atoms with Crippen molar-refractivity contribution < 1.29 is 9.90 Å². The summed E-state index contributed by atoms with van der Waals surface area (Å²) in [7, 11) is 0. The van der Waals surface area contributed by atoms with E-state index in [4.69, 9.17) is 5.11 Å². The molecule has 0 spiro atoms. The Hall–Kier alpha value is -2.62. The first-order chi connectivity index (χ1) is 10.1. The molecule has 0 saturated carbocycles. The number of imidazole rings is 1. The molecule has 0 fully saturated rings. The predicted molar refractivity (Wildman–Crippen MR) is 81.7 cm³/mol. The Morgan fingerprint density at radius 3 is 2.57 bits per heavy atom. The normalized spacial score (nSPS) is 12.5. The summed E-state index contributed by atoms with van der Waals surface area (Å²) in [5.74, 6) is -0.923. The highest BCUT2D eigenvalue weighted by Crippen LogP contribution is 2.24. The summed E-state index contributed by atoms with van der Waals surface area (Å²) >= 11 is 0. The first-order valence-electron chi connectivity index (χ1n) is 6.82. The largest absolute Gasteiger partial charge is 0.478 e. The van der Waals surface area contributed by atoms with Crippen LogP contribution in [-0.2, 0) is 0 Å². The van der Waals surface area contributed by atoms with Gasteiger partial charge in [-0.15, -0.1) is 0 Å². The van der Waals surface area contributed by atoms with Crippen LogP contribution in [0.1, 0.15) is 34.5 Å². The number of aryl methyl sites for hydroxylation is 1. The molecule has 0 bridgehead atoms. The van der Waals surface area contributed by atoms with Crippen LogP contribution in [0.4, 0.5) is 0 Å². The lowest BCUT2D eigenvalue weighted by molar-refractivity contribution is 0.0697. The van der Waals surface area contributed by atoms with Crippen LogP contribution in [0.25, 0.3) is 11.0 Å². The molecule has 0 aliphatic rings. The number of aromatic carboxylic acids is 1. The van der Waals surface area contributed by atoms with Gasteiger partial charge in [-0.25, -0.2) is 9.78 Å². The van der Waals surface area contributed by atoms with Crippen molar-refractivity contribution in [1.82, 2.24) is 9.55 Å². The molecule has 0 aliphatic carbocycles. The standard InChI is InChI=1S/C17H16N2O2/c1-11-3-5-13(6-4-11)12(2)19-10-18-15-8-7-14(17(20)21)9-16(15)19/h3-10,12H,1-2H3,(H,20,21). The van der Waals surface area contributed by atoms with E-state index in [9.17, 15) is 4.79 Å². The third-order valence-corrected chi connectivity index (χ3v) is 3.80. The van der Waals surface area contributed by atoms with E-state index in [1.807, 2.05) is 4.57 Å². The molecule has 3 aromatic rings. The van der Waals surface area contributed by atoms with E-state index in [0.717, 1.165) is 11.0 Å². The van der Waals surface area contributed by atoms with Gasteiger partial charge in [0.25, 0.3) is 0 Å². The molecule has 0 saturated heterocycles. The zero-order valence-electron chi connectivity index (χ0n) is 11.9. The summed E-state index contributed by atoms with van der Waals surface area (Å²) in [5.41, 5.74) is 4.30. The second kappa shape index (κ2) is 5.05. The lowest BCUT2D eigenvalue weighted by atomic mass is 10.1. The fourth-order valence-corrected chi connectivity index (χ4v) is 2.47. The quantitative estimate of drug-likeness (QED) is 0.796. The van der Waals surface area contributed by atoms with Gasteiger partial charge in [-0.1, -0.05) is 29.8 Å². The van der Waals surface area contributed by atoms with E-state index >= 15 is 0 Å². The summed E-state index contributed by atoms with van der Waals surface area (Å²) in [5, 5.41) is 9.13. The van der Waals surface area contributed by atoms with Crippen LogP contribution in [0.15, 0.2) is 48.8 Å². The number of hydrogen-bond acceptors (Lipinski definition) is 2. The smallest absolute Gasteiger partial charge is 0.335 e. The van der Waals surface area contributed by atoms with Gasteiger partial charge < -0.3 is 9.67 Å². The highest BCUT2D eigenvalue weighted by molar-refractivity contribution is 5.92. The van der Waals surface area contributed by atoms with Gasteiger partial charge in [0, 0.05) is 0 Å². The molecule has 4 nitrogen and oxygen atoms in total. The Labute approximate surface area is 122 Å². The van der Waals surface area contributed by atoms with E-state index in [-0.39, 0.29) is 11.6 Å². The van der Waals surface area contributed by atoms with Crippen LogP contribution < -0.4 is 0 Å². The van der Waals surface area contributed by atoms with Crippen molar-refractivity contribution in [1.29, 1.82) is 0 Å². The molecule has 0 aliphatic heterocycles. The van der Waals surface area contributed by atoms with Crippen LogP contribution in [0.3, 0.4) is 0 Å². The Bertz CT molecular complexity index is 803. The third-order valence-electron chi connectivity index (χ3n) is 3.80. The van der Waals surface area contributed by atoms with E-state index in [1.165, 1.54) is 11.1 Å². The number of rotatable bonds is 3. The van der Waals surface area contributed by atoms with E-state index in [2.05, 4.69) is 43.1 Å². The van der Waals surface area contributed by atoms with Crippen LogP contribution in [0.2, 0.25) is 0 Å². The molecule has 106 valence electrons. The van der Waals surface area contributed by atoms with Gasteiger partial charge in [0.05, 0.1) is 29.0 Å². The Kier molecular flexibility index (Phi) is 3.22. The number of hydrogen-bond donors (Lipinski definition) is 1. The van der Waals surface area contributed by atoms with Gasteiger partial charge in [-0.05, 0) is 37.6 Å². The summed E-state index contributed by atoms with van der Waals surface area (Å²) in [4.78, 5) is 15.5. The molecule has 1 unspecified atom stereocenters. The summed E-state index contributed by atoms with van der Waals surface area (Å²) < 4.78 is 2.01. The number of carbonyl (C=O) groups is 1. The predicted octanol–water partition coefficient (Wildman–Crippen LogP) is 3.65. The molecular weight excluding hydrogens is 264 g/mol. The van der Waals surface area contributed by atoms with Gasteiger partial charge in [-0.2, -0.15) is 0 Å². The first kappa shape index (κ1) is 13.4. The lowest BCUT2D eigenvalue weighted by Crippen LogP contribution is -2.06. The van der Waals surface area contributed by atoms with Crippen molar-refractivity contribution in [2.24, 2.45) is 0 Å². The lowest BCUT2D eigenvalue weighted by Gasteiger charge is -2.15.